The third-order valence-electron chi connectivity index (χ3n) is 4.13. The summed E-state index contributed by atoms with van der Waals surface area (Å²) < 4.78 is 63.2. The van der Waals surface area contributed by atoms with Gasteiger partial charge in [-0.15, -0.1) is 35.3 Å². The van der Waals surface area contributed by atoms with Crippen molar-refractivity contribution < 1.29 is 21.6 Å². The highest BCUT2D eigenvalue weighted by molar-refractivity contribution is 14.0. The number of nitrogens with zero attached hydrogens (tertiary/aromatic N) is 3. The Labute approximate surface area is 190 Å². The lowest BCUT2D eigenvalue weighted by Crippen LogP contribution is -2.45. The second-order valence-corrected chi connectivity index (χ2v) is 10.2. The molecule has 0 radical (unpaired) electrons. The summed E-state index contributed by atoms with van der Waals surface area (Å²) in [6.07, 6.45) is -3.60. The van der Waals surface area contributed by atoms with Gasteiger partial charge in [0, 0.05) is 44.6 Å². The first kappa shape index (κ1) is 26.4. The van der Waals surface area contributed by atoms with E-state index in [1.807, 2.05) is 6.92 Å². The van der Waals surface area contributed by atoms with Crippen LogP contribution in [-0.2, 0) is 16.6 Å². The predicted octanol–water partition coefficient (Wildman–Crippen LogP) is 2.31. The number of nitrogens with one attached hydrogen (secondary N) is 2. The number of halogens is 4. The monoisotopic (exact) mass is 569 g/mol. The Morgan fingerprint density at radius 1 is 1.38 bits per heavy atom. The second kappa shape index (κ2) is 11.1. The molecule has 0 amide bonds. The summed E-state index contributed by atoms with van der Waals surface area (Å²) in [6.45, 7) is 2.56. The minimum Gasteiger partial charge on any atom is -0.357 e. The highest BCUT2D eigenvalue weighted by Crippen LogP contribution is 2.24. The first-order chi connectivity index (χ1) is 13.0. The predicted molar refractivity (Wildman–Crippen MR) is 119 cm³/mol. The van der Waals surface area contributed by atoms with Crippen molar-refractivity contribution >= 4 is 51.3 Å². The number of aliphatic imine (C=N–C) groups is 1. The molecule has 1 atom stereocenters. The lowest BCUT2D eigenvalue weighted by atomic mass is 10.3. The third kappa shape index (κ3) is 8.19. The van der Waals surface area contributed by atoms with Crippen LogP contribution in [0.5, 0.6) is 0 Å². The van der Waals surface area contributed by atoms with E-state index in [1.165, 1.54) is 19.0 Å². The van der Waals surface area contributed by atoms with Gasteiger partial charge >= 0.3 is 6.18 Å². The number of thiophene rings is 1. The molecule has 0 spiro atoms. The largest absolute Gasteiger partial charge is 0.401 e. The van der Waals surface area contributed by atoms with Crippen molar-refractivity contribution in [2.45, 2.75) is 36.3 Å². The summed E-state index contributed by atoms with van der Waals surface area (Å²) in [6, 6.07) is 3.15. The van der Waals surface area contributed by atoms with Crippen LogP contribution in [0, 0.1) is 0 Å². The molecule has 2 heterocycles. The summed E-state index contributed by atoms with van der Waals surface area (Å²) in [7, 11) is -0.518. The summed E-state index contributed by atoms with van der Waals surface area (Å²) in [5.74, 6) is 0.506. The highest BCUT2D eigenvalue weighted by Gasteiger charge is 2.34. The molecular formula is C16H27F3IN5O2S2. The molecule has 1 aliphatic rings. The molecule has 29 heavy (non-hydrogen) atoms. The molecule has 1 aromatic rings. The van der Waals surface area contributed by atoms with Gasteiger partial charge in [0.2, 0.25) is 0 Å². The lowest BCUT2D eigenvalue weighted by Gasteiger charge is -2.19. The standard InChI is InChI=1S/C16H26F3N5O2S2.HI/c1-4-20-15(22-12-7-8-24(10-12)11-16(17,18)19)21-9-13-5-6-14(27-13)28(25,26)23(2)3;/h5-6,12H,4,7-11H2,1-3H3,(H2,20,21,22);1H. The van der Waals surface area contributed by atoms with Crippen molar-refractivity contribution in [1.82, 2.24) is 19.8 Å². The van der Waals surface area contributed by atoms with Crippen molar-refractivity contribution in [2.75, 3.05) is 40.3 Å². The minimum atomic E-state index is -4.20. The number of alkyl halides is 3. The van der Waals surface area contributed by atoms with Crippen LogP contribution in [0.15, 0.2) is 21.3 Å². The van der Waals surface area contributed by atoms with Gasteiger partial charge in [-0.3, -0.25) is 4.90 Å². The number of rotatable bonds is 7. The maximum absolute atomic E-state index is 12.5. The van der Waals surface area contributed by atoms with E-state index in [4.69, 9.17) is 0 Å². The van der Waals surface area contributed by atoms with Crippen molar-refractivity contribution in [2.24, 2.45) is 4.99 Å². The molecule has 1 aliphatic heterocycles. The van der Waals surface area contributed by atoms with Crippen LogP contribution >= 0.6 is 35.3 Å². The minimum absolute atomic E-state index is 0. The molecule has 1 saturated heterocycles. The molecule has 2 N–H and O–H groups in total. The van der Waals surface area contributed by atoms with E-state index in [0.717, 1.165) is 20.5 Å². The van der Waals surface area contributed by atoms with Crippen LogP contribution in [0.3, 0.4) is 0 Å². The summed E-state index contributed by atoms with van der Waals surface area (Å²) >= 11 is 1.15. The molecule has 13 heteroatoms. The second-order valence-electron chi connectivity index (χ2n) is 6.68. The van der Waals surface area contributed by atoms with E-state index >= 15 is 0 Å². The van der Waals surface area contributed by atoms with Crippen molar-refractivity contribution in [3.63, 3.8) is 0 Å². The third-order valence-corrected chi connectivity index (χ3v) is 7.48. The zero-order chi connectivity index (χ0) is 20.9. The molecular weight excluding hydrogens is 542 g/mol. The Morgan fingerprint density at radius 2 is 2.07 bits per heavy atom. The average Bonchev–Trinajstić information content (AvgIpc) is 3.21. The summed E-state index contributed by atoms with van der Waals surface area (Å²) in [5.41, 5.74) is 0. The maximum Gasteiger partial charge on any atom is 0.401 e. The van der Waals surface area contributed by atoms with Gasteiger partial charge in [-0.05, 0) is 25.5 Å². The normalized spacial score (nSPS) is 18.7. The van der Waals surface area contributed by atoms with Gasteiger partial charge in [-0.2, -0.15) is 13.2 Å². The smallest absolute Gasteiger partial charge is 0.357 e. The van der Waals surface area contributed by atoms with Crippen LogP contribution < -0.4 is 10.6 Å². The SMILES string of the molecule is CCNC(=NCc1ccc(S(=O)(=O)N(C)C)s1)NC1CCN(CC(F)(F)F)C1.I. The van der Waals surface area contributed by atoms with E-state index in [2.05, 4.69) is 15.6 Å². The highest BCUT2D eigenvalue weighted by atomic mass is 127. The van der Waals surface area contributed by atoms with Gasteiger partial charge in [-0.1, -0.05) is 0 Å². The van der Waals surface area contributed by atoms with Crippen molar-refractivity contribution in [3.8, 4) is 0 Å². The quantitative estimate of drug-likeness (QED) is 0.300. The zero-order valence-electron chi connectivity index (χ0n) is 16.5. The molecule has 1 aromatic heterocycles. The number of guanidine groups is 1. The van der Waals surface area contributed by atoms with E-state index < -0.39 is 22.7 Å². The Hall–Kier alpha value is -0.640. The first-order valence-electron chi connectivity index (χ1n) is 8.86. The number of hydrogen-bond donors (Lipinski definition) is 2. The lowest BCUT2D eigenvalue weighted by molar-refractivity contribution is -0.143. The molecule has 1 unspecified atom stereocenters. The maximum atomic E-state index is 12.5. The van der Waals surface area contributed by atoms with Gasteiger partial charge in [0.05, 0.1) is 13.1 Å². The number of sulfonamides is 1. The first-order valence-corrected chi connectivity index (χ1v) is 11.1. The Morgan fingerprint density at radius 3 is 2.66 bits per heavy atom. The average molecular weight is 569 g/mol. The molecule has 0 aliphatic carbocycles. The molecule has 0 aromatic carbocycles. The summed E-state index contributed by atoms with van der Waals surface area (Å²) in [4.78, 5) is 6.60. The van der Waals surface area contributed by atoms with Gasteiger partial charge in [0.15, 0.2) is 5.96 Å². The van der Waals surface area contributed by atoms with Gasteiger partial charge in [-0.25, -0.2) is 17.7 Å². The van der Waals surface area contributed by atoms with Crippen molar-refractivity contribution in [1.29, 1.82) is 0 Å². The topological polar surface area (TPSA) is 77.0 Å². The fourth-order valence-electron chi connectivity index (χ4n) is 2.78. The Kier molecular flexibility index (Phi) is 10.1. The molecule has 0 bridgehead atoms. The van der Waals surface area contributed by atoms with E-state index in [9.17, 15) is 21.6 Å². The summed E-state index contributed by atoms with van der Waals surface area (Å²) in [5, 5.41) is 6.24. The molecule has 2 rings (SSSR count). The fourth-order valence-corrected chi connectivity index (χ4v) is 5.23. The number of likely N-dealkylation sites (tertiary alicyclic amines) is 1. The van der Waals surface area contributed by atoms with Crippen LogP contribution in [0.1, 0.15) is 18.2 Å². The van der Waals surface area contributed by atoms with Crippen LogP contribution in [0.25, 0.3) is 0 Å². The Bertz CT molecular complexity index is 784. The van der Waals surface area contributed by atoms with E-state index in [0.29, 0.717) is 32.0 Å². The van der Waals surface area contributed by atoms with Crippen molar-refractivity contribution in [3.05, 3.63) is 17.0 Å². The van der Waals surface area contributed by atoms with Crippen LogP contribution in [-0.4, -0.2) is 76.1 Å². The molecule has 0 saturated carbocycles. The molecule has 7 nitrogen and oxygen atoms in total. The van der Waals surface area contributed by atoms with Crippen LogP contribution in [0.4, 0.5) is 13.2 Å². The van der Waals surface area contributed by atoms with Crippen LogP contribution in [0.2, 0.25) is 0 Å². The fraction of sp³-hybridized carbons (Fsp3) is 0.688. The van der Waals surface area contributed by atoms with Gasteiger partial charge < -0.3 is 10.6 Å². The van der Waals surface area contributed by atoms with Gasteiger partial charge in [0.25, 0.3) is 10.0 Å². The zero-order valence-corrected chi connectivity index (χ0v) is 20.5. The van der Waals surface area contributed by atoms with E-state index in [-0.39, 0.29) is 40.8 Å². The number of hydrogen-bond acceptors (Lipinski definition) is 5. The molecule has 1 fully saturated rings. The Balaban J connectivity index is 0.00000420. The van der Waals surface area contributed by atoms with E-state index in [1.54, 1.807) is 12.1 Å². The van der Waals surface area contributed by atoms with Gasteiger partial charge in [0.1, 0.15) is 4.21 Å². The molecule has 168 valence electrons.